The topological polar surface area (TPSA) is 70.2 Å². The molecule has 1 aliphatic rings. The molecule has 0 saturated heterocycles. The van der Waals surface area contributed by atoms with Crippen molar-refractivity contribution in [3.63, 3.8) is 0 Å². The highest BCUT2D eigenvalue weighted by Gasteiger charge is 2.28. The summed E-state index contributed by atoms with van der Waals surface area (Å²) in [6.45, 7) is 5.96. The molecule has 0 spiro atoms. The first-order chi connectivity index (χ1) is 11.9. The first-order valence-electron chi connectivity index (χ1n) is 8.47. The van der Waals surface area contributed by atoms with Crippen molar-refractivity contribution >= 4 is 23.2 Å². The van der Waals surface area contributed by atoms with Crippen LogP contribution in [0.3, 0.4) is 0 Å². The van der Waals surface area contributed by atoms with Crippen LogP contribution in [0.15, 0.2) is 42.5 Å². The first kappa shape index (κ1) is 17.0. The van der Waals surface area contributed by atoms with E-state index in [0.717, 1.165) is 28.1 Å². The van der Waals surface area contributed by atoms with Crippen LogP contribution in [-0.4, -0.2) is 17.9 Å². The highest BCUT2D eigenvalue weighted by Crippen LogP contribution is 2.30. The van der Waals surface area contributed by atoms with Crippen LogP contribution in [0.25, 0.3) is 0 Å². The maximum Gasteiger partial charge on any atom is 0.247 e. The van der Waals surface area contributed by atoms with E-state index in [2.05, 4.69) is 16.0 Å². The fraction of sp³-hybridized carbons (Fsp3) is 0.300. The van der Waals surface area contributed by atoms with Crippen molar-refractivity contribution in [3.05, 3.63) is 59.2 Å². The van der Waals surface area contributed by atoms with Crippen LogP contribution in [0.1, 0.15) is 36.1 Å². The average Bonchev–Trinajstić information content (AvgIpc) is 2.58. The Kier molecular flexibility index (Phi) is 4.74. The number of carbonyl (C=O) groups excluding carboxylic acids is 2. The molecule has 5 nitrogen and oxygen atoms in total. The van der Waals surface area contributed by atoms with E-state index in [1.807, 2.05) is 63.2 Å². The molecule has 0 bridgehead atoms. The van der Waals surface area contributed by atoms with E-state index in [1.54, 1.807) is 0 Å². The zero-order valence-electron chi connectivity index (χ0n) is 14.7. The van der Waals surface area contributed by atoms with Gasteiger partial charge in [-0.1, -0.05) is 30.3 Å². The number of fused-ring (bicyclic) bond motifs is 1. The highest BCUT2D eigenvalue weighted by atomic mass is 16.2. The second kappa shape index (κ2) is 6.97. The molecule has 3 N–H and O–H groups in total. The Labute approximate surface area is 147 Å². The minimum Gasteiger partial charge on any atom is -0.372 e. The maximum absolute atomic E-state index is 12.3. The molecule has 5 heteroatoms. The van der Waals surface area contributed by atoms with Gasteiger partial charge in [-0.05, 0) is 49.6 Å². The number of hydrogen-bond acceptors (Lipinski definition) is 3. The number of carbonyl (C=O) groups is 2. The third-order valence-electron chi connectivity index (χ3n) is 4.60. The fourth-order valence-electron chi connectivity index (χ4n) is 2.97. The van der Waals surface area contributed by atoms with Gasteiger partial charge in [0.15, 0.2) is 0 Å². The van der Waals surface area contributed by atoms with Crippen molar-refractivity contribution in [1.29, 1.82) is 0 Å². The summed E-state index contributed by atoms with van der Waals surface area (Å²) in [6.07, 6.45) is 0.0926. The molecule has 2 atom stereocenters. The van der Waals surface area contributed by atoms with Crippen molar-refractivity contribution in [2.24, 2.45) is 0 Å². The summed E-state index contributed by atoms with van der Waals surface area (Å²) in [5.41, 5.74) is 4.92. The van der Waals surface area contributed by atoms with Gasteiger partial charge in [0, 0.05) is 0 Å². The zero-order chi connectivity index (χ0) is 18.0. The largest absolute Gasteiger partial charge is 0.372 e. The van der Waals surface area contributed by atoms with Gasteiger partial charge in [0.25, 0.3) is 0 Å². The minimum absolute atomic E-state index is 0.0926. The summed E-state index contributed by atoms with van der Waals surface area (Å²) in [5.74, 6) is -0.338. The van der Waals surface area contributed by atoms with E-state index in [9.17, 15) is 9.59 Å². The Bertz CT molecular complexity index is 802. The fourth-order valence-corrected chi connectivity index (χ4v) is 2.97. The monoisotopic (exact) mass is 337 g/mol. The summed E-state index contributed by atoms with van der Waals surface area (Å²) in [6, 6.07) is 13.0. The summed E-state index contributed by atoms with van der Waals surface area (Å²) in [7, 11) is 0. The number of benzene rings is 2. The normalized spacial score (nSPS) is 17.1. The molecule has 2 aromatic rings. The molecule has 0 aliphatic carbocycles. The van der Waals surface area contributed by atoms with Gasteiger partial charge >= 0.3 is 0 Å². The quantitative estimate of drug-likeness (QED) is 0.802. The number of amides is 2. The average molecular weight is 337 g/mol. The predicted molar refractivity (Wildman–Crippen MR) is 99.6 cm³/mol. The summed E-state index contributed by atoms with van der Waals surface area (Å²) in [5, 5.41) is 9.02. The molecule has 0 fully saturated rings. The van der Waals surface area contributed by atoms with Crippen LogP contribution in [0.4, 0.5) is 11.4 Å². The Morgan fingerprint density at radius 2 is 1.76 bits per heavy atom. The molecule has 0 unspecified atom stereocenters. The van der Waals surface area contributed by atoms with Crippen molar-refractivity contribution in [1.82, 2.24) is 5.32 Å². The Morgan fingerprint density at radius 3 is 2.44 bits per heavy atom. The molecule has 0 aromatic heterocycles. The second-order valence-electron chi connectivity index (χ2n) is 6.57. The molecule has 130 valence electrons. The number of anilines is 2. The summed E-state index contributed by atoms with van der Waals surface area (Å²) >= 11 is 0. The molecular weight excluding hydrogens is 314 g/mol. The van der Waals surface area contributed by atoms with Gasteiger partial charge in [0.1, 0.15) is 6.04 Å². The molecule has 2 amide bonds. The number of aryl methyl sites for hydroxylation is 2. The SMILES string of the molecule is Cc1cc2c(cc1C)N[C@@H](CC(=O)N[C@@H](C)c1ccccc1)C(=O)N2. The predicted octanol–water partition coefficient (Wildman–Crippen LogP) is 3.30. The number of rotatable bonds is 4. The van der Waals surface area contributed by atoms with Crippen LogP contribution in [0.2, 0.25) is 0 Å². The number of hydrogen-bond donors (Lipinski definition) is 3. The second-order valence-corrected chi connectivity index (χ2v) is 6.57. The minimum atomic E-state index is -0.572. The van der Waals surface area contributed by atoms with Crippen molar-refractivity contribution in [2.75, 3.05) is 10.6 Å². The van der Waals surface area contributed by atoms with Gasteiger partial charge in [-0.2, -0.15) is 0 Å². The molecule has 0 radical (unpaired) electrons. The van der Waals surface area contributed by atoms with E-state index in [1.165, 1.54) is 0 Å². The molecule has 1 heterocycles. The smallest absolute Gasteiger partial charge is 0.247 e. The lowest BCUT2D eigenvalue weighted by atomic mass is 10.0. The van der Waals surface area contributed by atoms with Gasteiger partial charge in [-0.15, -0.1) is 0 Å². The molecule has 2 aromatic carbocycles. The van der Waals surface area contributed by atoms with Crippen LogP contribution in [-0.2, 0) is 9.59 Å². The molecule has 25 heavy (non-hydrogen) atoms. The van der Waals surface area contributed by atoms with Crippen LogP contribution >= 0.6 is 0 Å². The summed E-state index contributed by atoms with van der Waals surface area (Å²) in [4.78, 5) is 24.6. The third-order valence-corrected chi connectivity index (χ3v) is 4.60. The van der Waals surface area contributed by atoms with E-state index in [-0.39, 0.29) is 24.3 Å². The lowest BCUT2D eigenvalue weighted by Gasteiger charge is -2.27. The Balaban J connectivity index is 1.65. The van der Waals surface area contributed by atoms with Crippen LogP contribution in [0.5, 0.6) is 0 Å². The van der Waals surface area contributed by atoms with E-state index >= 15 is 0 Å². The van der Waals surface area contributed by atoms with Crippen molar-refractivity contribution in [2.45, 2.75) is 39.3 Å². The van der Waals surface area contributed by atoms with Gasteiger partial charge in [0.05, 0.1) is 23.8 Å². The lowest BCUT2D eigenvalue weighted by Crippen LogP contribution is -2.42. The molecule has 3 rings (SSSR count). The summed E-state index contributed by atoms with van der Waals surface area (Å²) < 4.78 is 0. The highest BCUT2D eigenvalue weighted by molar-refractivity contribution is 6.05. The van der Waals surface area contributed by atoms with Gasteiger partial charge in [-0.3, -0.25) is 9.59 Å². The standard InChI is InChI=1S/C20H23N3O2/c1-12-9-16-17(10-13(12)2)23-20(25)18(22-16)11-19(24)21-14(3)15-7-5-4-6-8-15/h4-10,14,18,22H,11H2,1-3H3,(H,21,24)(H,23,25)/t14-,18-/m0/s1. The molecule has 1 aliphatic heterocycles. The van der Waals surface area contributed by atoms with Crippen LogP contribution < -0.4 is 16.0 Å². The van der Waals surface area contributed by atoms with Gasteiger partial charge in [-0.25, -0.2) is 0 Å². The first-order valence-corrected chi connectivity index (χ1v) is 8.47. The zero-order valence-corrected chi connectivity index (χ0v) is 14.7. The van der Waals surface area contributed by atoms with Gasteiger partial charge in [0.2, 0.25) is 11.8 Å². The van der Waals surface area contributed by atoms with Crippen molar-refractivity contribution in [3.8, 4) is 0 Å². The number of nitrogens with one attached hydrogen (secondary N) is 3. The maximum atomic E-state index is 12.3. The Morgan fingerprint density at radius 1 is 1.12 bits per heavy atom. The molecular formula is C20H23N3O2. The lowest BCUT2D eigenvalue weighted by molar-refractivity contribution is -0.125. The van der Waals surface area contributed by atoms with E-state index in [0.29, 0.717) is 0 Å². The third kappa shape index (κ3) is 3.82. The Hall–Kier alpha value is -2.82. The van der Waals surface area contributed by atoms with Crippen molar-refractivity contribution < 1.29 is 9.59 Å². The molecule has 0 saturated carbocycles. The van der Waals surface area contributed by atoms with E-state index < -0.39 is 6.04 Å². The van der Waals surface area contributed by atoms with E-state index in [4.69, 9.17) is 0 Å². The van der Waals surface area contributed by atoms with Gasteiger partial charge < -0.3 is 16.0 Å². The van der Waals surface area contributed by atoms with Crippen LogP contribution in [0, 0.1) is 13.8 Å².